The fourth-order valence-electron chi connectivity index (χ4n) is 4.69. The van der Waals surface area contributed by atoms with E-state index in [-0.39, 0.29) is 12.6 Å². The number of nitrogens with zero attached hydrogens (tertiary/aromatic N) is 4. The van der Waals surface area contributed by atoms with E-state index in [4.69, 9.17) is 14.8 Å². The van der Waals surface area contributed by atoms with Crippen LogP contribution >= 0.6 is 0 Å². The normalized spacial score (nSPS) is 16.1. The smallest absolute Gasteiger partial charge is 0.166 e. The summed E-state index contributed by atoms with van der Waals surface area (Å²) >= 11 is 0. The van der Waals surface area contributed by atoms with Crippen molar-refractivity contribution in [2.24, 2.45) is 0 Å². The molecule has 1 N–H and O–H groups in total. The van der Waals surface area contributed by atoms with Crippen LogP contribution < -0.4 is 9.64 Å². The van der Waals surface area contributed by atoms with Crippen LogP contribution in [0.3, 0.4) is 0 Å². The molecule has 1 fully saturated rings. The largest absolute Gasteiger partial charge is 0.497 e. The lowest BCUT2D eigenvalue weighted by Gasteiger charge is -2.25. The van der Waals surface area contributed by atoms with Crippen LogP contribution in [0, 0.1) is 13.8 Å². The van der Waals surface area contributed by atoms with Gasteiger partial charge in [0.15, 0.2) is 5.65 Å². The first-order valence-corrected chi connectivity index (χ1v) is 11.1. The third-order valence-electron chi connectivity index (χ3n) is 6.33. The van der Waals surface area contributed by atoms with Crippen LogP contribution in [0.15, 0.2) is 54.6 Å². The molecule has 0 aliphatic carbocycles. The number of hydrogen-bond acceptors (Lipinski definition) is 5. The van der Waals surface area contributed by atoms with Gasteiger partial charge in [0, 0.05) is 23.7 Å². The quantitative estimate of drug-likeness (QED) is 0.501. The molecule has 0 amide bonds. The average Bonchev–Trinajstić information content (AvgIpc) is 3.42. The van der Waals surface area contributed by atoms with E-state index >= 15 is 0 Å². The van der Waals surface area contributed by atoms with E-state index in [0.717, 1.165) is 64.7 Å². The van der Waals surface area contributed by atoms with Crippen LogP contribution in [0.25, 0.3) is 28.0 Å². The standard InChI is InChI=1S/C26H28N4O2/c1-17-6-4-7-20(14-17)23-15-24(29-13-5-8-21(29)16-31)27-26-25(18(2)28-30(23)26)19-9-11-22(32-3)12-10-19/h4,6-7,9-12,14-15,21,31H,5,8,13,16H2,1-3H3. The lowest BCUT2D eigenvalue weighted by Crippen LogP contribution is -2.32. The summed E-state index contributed by atoms with van der Waals surface area (Å²) < 4.78 is 7.29. The summed E-state index contributed by atoms with van der Waals surface area (Å²) in [7, 11) is 1.67. The Hall–Kier alpha value is -3.38. The van der Waals surface area contributed by atoms with Gasteiger partial charge in [0.2, 0.25) is 0 Å². The molecule has 1 atom stereocenters. The Bertz CT molecular complexity index is 1260. The molecule has 2 aromatic heterocycles. The highest BCUT2D eigenvalue weighted by molar-refractivity contribution is 5.83. The summed E-state index contributed by atoms with van der Waals surface area (Å²) in [5, 5.41) is 14.8. The number of methoxy groups -OCH3 is 1. The van der Waals surface area contributed by atoms with E-state index in [1.807, 2.05) is 23.6 Å². The van der Waals surface area contributed by atoms with Gasteiger partial charge in [0.05, 0.1) is 31.1 Å². The molecule has 164 valence electrons. The maximum Gasteiger partial charge on any atom is 0.166 e. The van der Waals surface area contributed by atoms with Crippen molar-refractivity contribution in [2.45, 2.75) is 32.7 Å². The first-order valence-electron chi connectivity index (χ1n) is 11.1. The van der Waals surface area contributed by atoms with Crippen LogP contribution in [-0.2, 0) is 0 Å². The van der Waals surface area contributed by atoms with Gasteiger partial charge in [0.25, 0.3) is 0 Å². The van der Waals surface area contributed by atoms with E-state index in [2.05, 4.69) is 54.3 Å². The predicted octanol–water partition coefficient (Wildman–Crippen LogP) is 4.65. The number of fused-ring (bicyclic) bond motifs is 1. The average molecular weight is 429 g/mol. The molecular weight excluding hydrogens is 400 g/mol. The maximum atomic E-state index is 9.92. The van der Waals surface area contributed by atoms with Crippen molar-refractivity contribution in [3.05, 3.63) is 65.9 Å². The zero-order chi connectivity index (χ0) is 22.2. The summed E-state index contributed by atoms with van der Waals surface area (Å²) in [6, 6.07) is 18.7. The lowest BCUT2D eigenvalue weighted by atomic mass is 10.1. The third-order valence-corrected chi connectivity index (χ3v) is 6.33. The maximum absolute atomic E-state index is 9.92. The fraction of sp³-hybridized carbons (Fsp3) is 0.308. The topological polar surface area (TPSA) is 62.9 Å². The van der Waals surface area contributed by atoms with E-state index < -0.39 is 0 Å². The molecule has 4 aromatic rings. The van der Waals surface area contributed by atoms with Gasteiger partial charge in [-0.1, -0.05) is 35.9 Å². The number of aromatic nitrogens is 3. The van der Waals surface area contributed by atoms with Gasteiger partial charge in [-0.05, 0) is 50.5 Å². The molecule has 1 aliphatic heterocycles. The third kappa shape index (κ3) is 3.50. The first kappa shape index (κ1) is 20.5. The molecule has 5 rings (SSSR count). The second-order valence-corrected chi connectivity index (χ2v) is 8.47. The minimum absolute atomic E-state index is 0.101. The van der Waals surface area contributed by atoms with E-state index in [1.165, 1.54) is 5.56 Å². The van der Waals surface area contributed by atoms with Crippen molar-refractivity contribution in [1.82, 2.24) is 14.6 Å². The summed E-state index contributed by atoms with van der Waals surface area (Å²) in [5.74, 6) is 1.71. The summed E-state index contributed by atoms with van der Waals surface area (Å²) in [4.78, 5) is 7.32. The lowest BCUT2D eigenvalue weighted by molar-refractivity contribution is 0.266. The molecule has 1 unspecified atom stereocenters. The van der Waals surface area contributed by atoms with Gasteiger partial charge in [-0.25, -0.2) is 9.50 Å². The number of rotatable bonds is 5. The molecule has 1 aliphatic rings. The van der Waals surface area contributed by atoms with Gasteiger partial charge in [-0.3, -0.25) is 0 Å². The molecule has 1 saturated heterocycles. The monoisotopic (exact) mass is 428 g/mol. The number of anilines is 1. The van der Waals surface area contributed by atoms with Crippen LogP contribution in [0.5, 0.6) is 5.75 Å². The Kier molecular flexibility index (Phi) is 5.31. The van der Waals surface area contributed by atoms with E-state index in [1.54, 1.807) is 7.11 Å². The van der Waals surface area contributed by atoms with Crippen LogP contribution in [0.1, 0.15) is 24.1 Å². The second kappa shape index (κ2) is 8.28. The van der Waals surface area contributed by atoms with Crippen molar-refractivity contribution in [1.29, 1.82) is 0 Å². The fourth-order valence-corrected chi connectivity index (χ4v) is 4.69. The second-order valence-electron chi connectivity index (χ2n) is 8.47. The molecule has 6 nitrogen and oxygen atoms in total. The van der Waals surface area contributed by atoms with E-state index in [0.29, 0.717) is 0 Å². The molecule has 0 spiro atoms. The molecule has 3 heterocycles. The number of aryl methyl sites for hydroxylation is 2. The highest BCUT2D eigenvalue weighted by Gasteiger charge is 2.27. The van der Waals surface area contributed by atoms with Crippen LogP contribution in [-0.4, -0.2) is 46.0 Å². The van der Waals surface area contributed by atoms with Crippen LogP contribution in [0.2, 0.25) is 0 Å². The molecule has 2 aromatic carbocycles. The SMILES string of the molecule is COc1ccc(-c2c(C)nn3c(-c4cccc(C)c4)cc(N4CCCC4CO)nc23)cc1. The molecule has 0 saturated carbocycles. The van der Waals surface area contributed by atoms with Gasteiger partial charge in [-0.2, -0.15) is 5.10 Å². The Labute approximate surface area is 188 Å². The predicted molar refractivity (Wildman–Crippen MR) is 127 cm³/mol. The van der Waals surface area contributed by atoms with Gasteiger partial charge in [0.1, 0.15) is 11.6 Å². The molecular formula is C26H28N4O2. The minimum Gasteiger partial charge on any atom is -0.497 e. The highest BCUT2D eigenvalue weighted by Crippen LogP contribution is 2.35. The van der Waals surface area contributed by atoms with Crippen molar-refractivity contribution < 1.29 is 9.84 Å². The van der Waals surface area contributed by atoms with E-state index in [9.17, 15) is 5.11 Å². The Balaban J connectivity index is 1.76. The Morgan fingerprint density at radius 1 is 1.06 bits per heavy atom. The van der Waals surface area contributed by atoms with Gasteiger partial charge in [-0.15, -0.1) is 0 Å². The first-order chi connectivity index (χ1) is 15.6. The van der Waals surface area contributed by atoms with Crippen molar-refractivity contribution >= 4 is 11.5 Å². The Morgan fingerprint density at radius 2 is 1.88 bits per heavy atom. The van der Waals surface area contributed by atoms with Crippen molar-refractivity contribution in [2.75, 3.05) is 25.2 Å². The van der Waals surface area contributed by atoms with Crippen molar-refractivity contribution in [3.63, 3.8) is 0 Å². The summed E-state index contributed by atoms with van der Waals surface area (Å²) in [6.07, 6.45) is 2.04. The zero-order valence-electron chi connectivity index (χ0n) is 18.7. The number of aliphatic hydroxyl groups is 1. The molecule has 0 radical (unpaired) electrons. The van der Waals surface area contributed by atoms with Crippen molar-refractivity contribution in [3.8, 4) is 28.1 Å². The number of ether oxygens (including phenoxy) is 1. The zero-order valence-corrected chi connectivity index (χ0v) is 18.7. The molecule has 6 heteroatoms. The molecule has 32 heavy (non-hydrogen) atoms. The number of benzene rings is 2. The molecule has 0 bridgehead atoms. The number of aliphatic hydroxyl groups excluding tert-OH is 1. The van der Waals surface area contributed by atoms with Crippen LogP contribution in [0.4, 0.5) is 5.82 Å². The van der Waals surface area contributed by atoms with Gasteiger partial charge >= 0.3 is 0 Å². The van der Waals surface area contributed by atoms with Gasteiger partial charge < -0.3 is 14.7 Å². The highest BCUT2D eigenvalue weighted by atomic mass is 16.5. The summed E-state index contributed by atoms with van der Waals surface area (Å²) in [6.45, 7) is 5.16. The Morgan fingerprint density at radius 3 is 2.59 bits per heavy atom. The number of hydrogen-bond donors (Lipinski definition) is 1. The summed E-state index contributed by atoms with van der Waals surface area (Å²) in [5.41, 5.74) is 7.12. The minimum atomic E-state index is 0.101.